The van der Waals surface area contributed by atoms with E-state index in [1.165, 1.54) is 17.8 Å². The second kappa shape index (κ2) is 1.01. The van der Waals surface area contributed by atoms with Crippen LogP contribution in [0.5, 0.6) is 0 Å². The van der Waals surface area contributed by atoms with E-state index >= 15 is 0 Å². The van der Waals surface area contributed by atoms with Gasteiger partial charge in [-0.3, -0.25) is 0 Å². The summed E-state index contributed by atoms with van der Waals surface area (Å²) in [7, 11) is 0. The minimum Gasteiger partial charge on any atom is -0.0657 e. The van der Waals surface area contributed by atoms with E-state index in [-0.39, 0.29) is 0 Å². The molecule has 0 amide bonds. The van der Waals surface area contributed by atoms with Crippen LogP contribution in [0, 0.1) is 29.6 Å². The fourth-order valence-electron chi connectivity index (χ4n) is 3.89. The third-order valence-corrected chi connectivity index (χ3v) is 4.45. The van der Waals surface area contributed by atoms with Gasteiger partial charge in [0.15, 0.2) is 0 Å². The van der Waals surface area contributed by atoms with Crippen molar-refractivity contribution in [1.29, 1.82) is 0 Å². The molecule has 0 saturated heterocycles. The largest absolute Gasteiger partial charge is 0.0657 e. The van der Waals surface area contributed by atoms with Gasteiger partial charge in [-0.25, -0.2) is 0 Å². The second-order valence-electron chi connectivity index (χ2n) is 4.70. The van der Waals surface area contributed by atoms with Gasteiger partial charge in [0.05, 0.1) is 0 Å². The quantitative estimate of drug-likeness (QED) is 0.443. The molecule has 5 atom stereocenters. The summed E-state index contributed by atoms with van der Waals surface area (Å²) in [4.78, 5) is 0. The molecule has 0 aromatic carbocycles. The van der Waals surface area contributed by atoms with Gasteiger partial charge in [0.1, 0.15) is 0 Å². The van der Waals surface area contributed by atoms with Crippen LogP contribution in [0.4, 0.5) is 0 Å². The van der Waals surface area contributed by atoms with E-state index in [1.807, 2.05) is 5.57 Å². The first-order valence-corrected chi connectivity index (χ1v) is 4.58. The van der Waals surface area contributed by atoms with E-state index in [0.717, 1.165) is 11.8 Å². The molecular formula is C10H12. The first-order chi connectivity index (χ1) is 4.88. The van der Waals surface area contributed by atoms with Crippen LogP contribution in [0.3, 0.4) is 0 Å². The Bertz CT molecular complexity index is 261. The van der Waals surface area contributed by atoms with E-state index in [9.17, 15) is 0 Å². The lowest BCUT2D eigenvalue weighted by Crippen LogP contribution is -2.26. The van der Waals surface area contributed by atoms with Crippen molar-refractivity contribution >= 4 is 0 Å². The van der Waals surface area contributed by atoms with Crippen LogP contribution in [0.2, 0.25) is 0 Å². The molecule has 0 N–H and O–H groups in total. The van der Waals surface area contributed by atoms with E-state index in [4.69, 9.17) is 0 Å². The summed E-state index contributed by atoms with van der Waals surface area (Å²) in [6.07, 6.45) is 3.18. The van der Waals surface area contributed by atoms with Gasteiger partial charge in [-0.05, 0) is 43.4 Å². The Morgan fingerprint density at radius 2 is 2.20 bits per heavy atom. The predicted molar refractivity (Wildman–Crippen MR) is 39.4 cm³/mol. The molecular weight excluding hydrogens is 120 g/mol. The normalized spacial score (nSPS) is 66.3. The van der Waals surface area contributed by atoms with E-state index in [2.05, 4.69) is 6.92 Å². The minimum atomic E-state index is 1.07. The van der Waals surface area contributed by atoms with Gasteiger partial charge in [-0.15, -0.1) is 0 Å². The van der Waals surface area contributed by atoms with Gasteiger partial charge >= 0.3 is 0 Å². The zero-order valence-electron chi connectivity index (χ0n) is 6.30. The highest BCUT2D eigenvalue weighted by Gasteiger charge is 2.69. The fraction of sp³-hybridized carbons (Fsp3) is 0.800. The van der Waals surface area contributed by atoms with Gasteiger partial charge in [0.2, 0.25) is 0 Å². The fourth-order valence-corrected chi connectivity index (χ4v) is 3.89. The summed E-state index contributed by atoms with van der Waals surface area (Å²) < 4.78 is 0. The number of allylic oxidation sites excluding steroid dienone is 2. The highest BCUT2D eigenvalue weighted by atomic mass is 14.7. The SMILES string of the molecule is CC1=C2C3CC4CC4C3C12. The van der Waals surface area contributed by atoms with Crippen molar-refractivity contribution in [2.45, 2.75) is 19.8 Å². The molecule has 0 heteroatoms. The topological polar surface area (TPSA) is 0 Å². The zero-order valence-corrected chi connectivity index (χ0v) is 6.30. The summed E-state index contributed by atoms with van der Waals surface area (Å²) in [5, 5.41) is 0. The molecule has 0 aliphatic heterocycles. The molecule has 4 aliphatic carbocycles. The average molecular weight is 132 g/mol. The smallest absolute Gasteiger partial charge is 0.00496 e. The van der Waals surface area contributed by atoms with Crippen LogP contribution in [-0.4, -0.2) is 0 Å². The molecule has 3 fully saturated rings. The van der Waals surface area contributed by atoms with Crippen LogP contribution in [0.15, 0.2) is 11.1 Å². The average Bonchev–Trinajstić information content (AvgIpc) is 2.69. The molecule has 0 heterocycles. The van der Waals surface area contributed by atoms with Crippen LogP contribution >= 0.6 is 0 Å². The minimum absolute atomic E-state index is 1.07. The molecule has 0 bridgehead atoms. The Kier molecular flexibility index (Phi) is 0.464. The predicted octanol–water partition coefficient (Wildman–Crippen LogP) is 2.22. The molecule has 0 spiro atoms. The molecule has 4 rings (SSSR count). The van der Waals surface area contributed by atoms with Crippen LogP contribution in [0.25, 0.3) is 0 Å². The maximum Gasteiger partial charge on any atom is 0.00496 e. The first-order valence-electron chi connectivity index (χ1n) is 4.58. The van der Waals surface area contributed by atoms with Gasteiger partial charge in [-0.1, -0.05) is 11.1 Å². The summed E-state index contributed by atoms with van der Waals surface area (Å²) in [6, 6.07) is 0. The lowest BCUT2D eigenvalue weighted by molar-refractivity contribution is 0.265. The van der Waals surface area contributed by atoms with Crippen molar-refractivity contribution in [2.75, 3.05) is 0 Å². The van der Waals surface area contributed by atoms with Crippen LogP contribution < -0.4 is 0 Å². The van der Waals surface area contributed by atoms with Crippen molar-refractivity contribution in [3.63, 3.8) is 0 Å². The second-order valence-corrected chi connectivity index (χ2v) is 4.70. The Morgan fingerprint density at radius 1 is 1.30 bits per heavy atom. The van der Waals surface area contributed by atoms with Crippen LogP contribution in [-0.2, 0) is 0 Å². The first kappa shape index (κ1) is 4.58. The summed E-state index contributed by atoms with van der Waals surface area (Å²) in [5.74, 6) is 5.77. The third-order valence-electron chi connectivity index (χ3n) is 4.45. The molecule has 3 saturated carbocycles. The van der Waals surface area contributed by atoms with Gasteiger partial charge in [0, 0.05) is 5.92 Å². The Morgan fingerprint density at radius 3 is 3.00 bits per heavy atom. The van der Waals surface area contributed by atoms with Gasteiger partial charge in [-0.2, -0.15) is 0 Å². The lowest BCUT2D eigenvalue weighted by atomic mass is 9.72. The molecule has 0 radical (unpaired) electrons. The van der Waals surface area contributed by atoms with Gasteiger partial charge < -0.3 is 0 Å². The molecule has 52 valence electrons. The maximum atomic E-state index is 2.36. The molecule has 0 aromatic heterocycles. The summed E-state index contributed by atoms with van der Waals surface area (Å²) in [6.45, 7) is 2.36. The van der Waals surface area contributed by atoms with Crippen molar-refractivity contribution in [3.8, 4) is 0 Å². The summed E-state index contributed by atoms with van der Waals surface area (Å²) >= 11 is 0. The van der Waals surface area contributed by atoms with Crippen molar-refractivity contribution < 1.29 is 0 Å². The van der Waals surface area contributed by atoms with Crippen molar-refractivity contribution in [3.05, 3.63) is 11.1 Å². The Balaban J connectivity index is 1.80. The van der Waals surface area contributed by atoms with E-state index in [1.54, 1.807) is 18.4 Å². The van der Waals surface area contributed by atoms with Crippen LogP contribution in [0.1, 0.15) is 19.8 Å². The Labute approximate surface area is 61.3 Å². The van der Waals surface area contributed by atoms with E-state index in [0.29, 0.717) is 0 Å². The summed E-state index contributed by atoms with van der Waals surface area (Å²) in [5.41, 5.74) is 3.69. The molecule has 0 nitrogen and oxygen atoms in total. The number of fused-ring (bicyclic) bond motifs is 6. The van der Waals surface area contributed by atoms with E-state index < -0.39 is 0 Å². The Hall–Kier alpha value is -0.260. The third kappa shape index (κ3) is 0.275. The number of rotatable bonds is 0. The molecule has 4 aliphatic rings. The monoisotopic (exact) mass is 132 g/mol. The van der Waals surface area contributed by atoms with Crippen molar-refractivity contribution in [2.24, 2.45) is 29.6 Å². The van der Waals surface area contributed by atoms with Gasteiger partial charge in [0.25, 0.3) is 0 Å². The highest BCUT2D eigenvalue weighted by molar-refractivity contribution is 5.53. The maximum absolute atomic E-state index is 2.36. The molecule has 5 unspecified atom stereocenters. The molecule has 0 aromatic rings. The number of hydrogen-bond acceptors (Lipinski definition) is 0. The highest BCUT2D eigenvalue weighted by Crippen LogP contribution is 2.77. The molecule has 10 heavy (non-hydrogen) atoms. The number of hydrogen-bond donors (Lipinski definition) is 0. The standard InChI is InChI=1S/C10H12/c1-4-8-7-3-5-2-6(5)10(7)9(4)8/h5-7,9-10H,2-3H2,1H3. The lowest BCUT2D eigenvalue weighted by Gasteiger charge is -2.31. The zero-order chi connectivity index (χ0) is 6.46. The van der Waals surface area contributed by atoms with Crippen molar-refractivity contribution in [1.82, 2.24) is 0 Å².